The van der Waals surface area contributed by atoms with Crippen molar-refractivity contribution in [2.45, 2.75) is 12.6 Å². The maximum Gasteiger partial charge on any atom is 0.416 e. The molecule has 160 valence electrons. The molecule has 0 unspecified atom stereocenters. The second-order valence-electron chi connectivity index (χ2n) is 6.75. The fraction of sp³-hybridized carbons (Fsp3) is 0.300. The molecule has 1 saturated heterocycles. The van der Waals surface area contributed by atoms with Crippen molar-refractivity contribution in [3.05, 3.63) is 69.7 Å². The van der Waals surface area contributed by atoms with Crippen molar-refractivity contribution in [3.63, 3.8) is 0 Å². The zero-order valence-electron chi connectivity index (χ0n) is 15.5. The third kappa shape index (κ3) is 4.72. The van der Waals surface area contributed by atoms with Gasteiger partial charge in [0.2, 0.25) is 0 Å². The van der Waals surface area contributed by atoms with Gasteiger partial charge in [-0.1, -0.05) is 11.6 Å². The Hall–Kier alpha value is -2.68. The summed E-state index contributed by atoms with van der Waals surface area (Å²) in [6.07, 6.45) is -4.21. The molecule has 0 radical (unpaired) electrons. The Balaban J connectivity index is 1.72. The van der Waals surface area contributed by atoms with Crippen LogP contribution in [0.2, 0.25) is 5.02 Å². The van der Waals surface area contributed by atoms with Gasteiger partial charge in [0.1, 0.15) is 11.6 Å². The van der Waals surface area contributed by atoms with Gasteiger partial charge in [0.05, 0.1) is 21.7 Å². The molecule has 2 aromatic rings. The summed E-state index contributed by atoms with van der Waals surface area (Å²) < 4.78 is 65.3. The van der Waals surface area contributed by atoms with Gasteiger partial charge >= 0.3 is 6.18 Å². The Morgan fingerprint density at radius 3 is 1.93 bits per heavy atom. The van der Waals surface area contributed by atoms with Crippen molar-refractivity contribution in [2.75, 3.05) is 26.2 Å². The third-order valence-electron chi connectivity index (χ3n) is 4.76. The Morgan fingerprint density at radius 2 is 1.40 bits per heavy atom. The first-order valence-electron chi connectivity index (χ1n) is 8.98. The topological polar surface area (TPSA) is 40.6 Å². The number of amides is 2. The summed E-state index contributed by atoms with van der Waals surface area (Å²) >= 11 is 5.90. The molecule has 0 saturated carbocycles. The summed E-state index contributed by atoms with van der Waals surface area (Å²) in [5.41, 5.74) is -1.31. The highest BCUT2D eigenvalue weighted by molar-refractivity contribution is 6.33. The van der Waals surface area contributed by atoms with Crippen LogP contribution in [0.4, 0.5) is 22.0 Å². The number of alkyl halides is 3. The number of benzene rings is 2. The van der Waals surface area contributed by atoms with Gasteiger partial charge in [-0.25, -0.2) is 8.78 Å². The van der Waals surface area contributed by atoms with Crippen LogP contribution in [-0.2, 0) is 6.18 Å². The second-order valence-corrected chi connectivity index (χ2v) is 7.16. The van der Waals surface area contributed by atoms with Gasteiger partial charge in [-0.3, -0.25) is 9.59 Å². The molecule has 10 heteroatoms. The fourth-order valence-electron chi connectivity index (χ4n) is 3.19. The van der Waals surface area contributed by atoms with E-state index in [-0.39, 0.29) is 42.3 Å². The number of hydrogen-bond donors (Lipinski definition) is 0. The highest BCUT2D eigenvalue weighted by atomic mass is 35.5. The Kier molecular flexibility index (Phi) is 6.30. The Morgan fingerprint density at radius 1 is 0.833 bits per heavy atom. The quantitative estimate of drug-likeness (QED) is 0.631. The van der Waals surface area contributed by atoms with E-state index in [9.17, 15) is 31.5 Å². The van der Waals surface area contributed by atoms with Crippen LogP contribution in [0.1, 0.15) is 32.7 Å². The maximum absolute atomic E-state index is 13.9. The van der Waals surface area contributed by atoms with Gasteiger partial charge in [0.25, 0.3) is 11.8 Å². The number of rotatable bonds is 2. The van der Waals surface area contributed by atoms with E-state index < -0.39 is 35.2 Å². The number of nitrogens with zero attached hydrogens (tertiary/aromatic N) is 2. The number of carbonyl (C=O) groups is 2. The molecule has 3 rings (SSSR count). The van der Waals surface area contributed by atoms with E-state index in [2.05, 4.69) is 0 Å². The van der Waals surface area contributed by atoms with Crippen LogP contribution in [0.25, 0.3) is 0 Å². The van der Waals surface area contributed by atoms with Crippen molar-refractivity contribution in [1.29, 1.82) is 0 Å². The van der Waals surface area contributed by atoms with Crippen molar-refractivity contribution >= 4 is 23.4 Å². The van der Waals surface area contributed by atoms with Crippen molar-refractivity contribution in [2.24, 2.45) is 0 Å². The molecule has 1 fully saturated rings. The first-order valence-corrected chi connectivity index (χ1v) is 9.36. The summed E-state index contributed by atoms with van der Waals surface area (Å²) in [5, 5.41) is -0.319. The molecule has 1 heterocycles. The molecule has 2 aromatic carbocycles. The average molecular weight is 447 g/mol. The molecular formula is C20H16ClF5N2O2. The molecular weight excluding hydrogens is 431 g/mol. The summed E-state index contributed by atoms with van der Waals surface area (Å²) in [7, 11) is 0. The van der Waals surface area contributed by atoms with E-state index >= 15 is 0 Å². The van der Waals surface area contributed by atoms with E-state index in [0.717, 1.165) is 24.3 Å². The zero-order chi connectivity index (χ0) is 22.1. The van der Waals surface area contributed by atoms with Crippen LogP contribution < -0.4 is 0 Å². The minimum absolute atomic E-state index is 0.0750. The van der Waals surface area contributed by atoms with Gasteiger partial charge < -0.3 is 9.80 Å². The lowest BCUT2D eigenvalue weighted by atomic mass is 10.1. The smallest absolute Gasteiger partial charge is 0.337 e. The summed E-state index contributed by atoms with van der Waals surface area (Å²) in [5.74, 6) is -2.97. The summed E-state index contributed by atoms with van der Waals surface area (Å²) in [6.45, 7) is 0.649. The Labute approximate surface area is 173 Å². The molecule has 1 aliphatic rings. The zero-order valence-corrected chi connectivity index (χ0v) is 16.2. The van der Waals surface area contributed by atoms with Crippen LogP contribution in [-0.4, -0.2) is 47.8 Å². The minimum atomic E-state index is -4.58. The SMILES string of the molecule is O=C(c1ccc(F)cc1F)N1CCCN(C(=O)c2ccc(C(F)(F)F)cc2Cl)CC1. The minimum Gasteiger partial charge on any atom is -0.337 e. The van der Waals surface area contributed by atoms with Crippen LogP contribution in [0.15, 0.2) is 36.4 Å². The lowest BCUT2D eigenvalue weighted by molar-refractivity contribution is -0.137. The van der Waals surface area contributed by atoms with E-state index in [4.69, 9.17) is 11.6 Å². The van der Waals surface area contributed by atoms with Gasteiger partial charge in [0.15, 0.2) is 0 Å². The highest BCUT2D eigenvalue weighted by Crippen LogP contribution is 2.32. The first-order chi connectivity index (χ1) is 14.1. The van der Waals surface area contributed by atoms with E-state index in [1.54, 1.807) is 0 Å². The van der Waals surface area contributed by atoms with Crippen LogP contribution in [0.3, 0.4) is 0 Å². The van der Waals surface area contributed by atoms with Crippen LogP contribution >= 0.6 is 11.6 Å². The monoisotopic (exact) mass is 446 g/mol. The predicted molar refractivity (Wildman–Crippen MR) is 99.2 cm³/mol. The van der Waals surface area contributed by atoms with Crippen molar-refractivity contribution in [1.82, 2.24) is 9.80 Å². The molecule has 0 atom stereocenters. The van der Waals surface area contributed by atoms with E-state index in [1.807, 2.05) is 0 Å². The van der Waals surface area contributed by atoms with Crippen molar-refractivity contribution in [3.8, 4) is 0 Å². The molecule has 4 nitrogen and oxygen atoms in total. The number of halogens is 6. The second kappa shape index (κ2) is 8.59. The largest absolute Gasteiger partial charge is 0.416 e. The van der Waals surface area contributed by atoms with Gasteiger partial charge in [-0.05, 0) is 36.8 Å². The Bertz CT molecular complexity index is 980. The maximum atomic E-state index is 13.9. The summed E-state index contributed by atoms with van der Waals surface area (Å²) in [6, 6.07) is 5.16. The molecule has 0 aliphatic carbocycles. The normalized spacial score (nSPS) is 15.1. The van der Waals surface area contributed by atoms with E-state index in [1.165, 1.54) is 9.80 Å². The first kappa shape index (κ1) is 22.0. The molecule has 0 aromatic heterocycles. The highest BCUT2D eigenvalue weighted by Gasteiger charge is 2.32. The predicted octanol–water partition coefficient (Wildman–Crippen LogP) is 4.63. The molecule has 0 N–H and O–H groups in total. The lowest BCUT2D eigenvalue weighted by Crippen LogP contribution is -2.37. The third-order valence-corrected chi connectivity index (χ3v) is 5.07. The molecule has 0 spiro atoms. The molecule has 1 aliphatic heterocycles. The fourth-order valence-corrected chi connectivity index (χ4v) is 3.45. The number of carbonyl (C=O) groups excluding carboxylic acids is 2. The molecule has 30 heavy (non-hydrogen) atoms. The van der Waals surface area contributed by atoms with Crippen LogP contribution in [0.5, 0.6) is 0 Å². The van der Waals surface area contributed by atoms with Gasteiger partial charge in [-0.15, -0.1) is 0 Å². The molecule has 0 bridgehead atoms. The molecule has 2 amide bonds. The van der Waals surface area contributed by atoms with Gasteiger partial charge in [0, 0.05) is 32.2 Å². The number of hydrogen-bond acceptors (Lipinski definition) is 2. The van der Waals surface area contributed by atoms with Gasteiger partial charge in [-0.2, -0.15) is 13.2 Å². The average Bonchev–Trinajstić information content (AvgIpc) is 2.92. The lowest BCUT2D eigenvalue weighted by Gasteiger charge is -2.23. The van der Waals surface area contributed by atoms with Crippen molar-refractivity contribution < 1.29 is 31.5 Å². The van der Waals surface area contributed by atoms with Crippen LogP contribution in [0, 0.1) is 11.6 Å². The standard InChI is InChI=1S/C20H16ClF5N2O2/c21-16-10-12(20(24,25)26)2-4-14(16)18(29)27-6-1-7-28(9-8-27)19(30)15-5-3-13(22)11-17(15)23/h2-5,10-11H,1,6-9H2. The van der Waals surface area contributed by atoms with E-state index in [0.29, 0.717) is 18.6 Å². The summed E-state index contributed by atoms with van der Waals surface area (Å²) in [4.78, 5) is 28.0.